The molecule has 7 rings (SSSR count). The van der Waals surface area contributed by atoms with Crippen LogP contribution >= 0.6 is 13.8 Å². The van der Waals surface area contributed by atoms with Gasteiger partial charge in [0.2, 0.25) is 13.5 Å². The minimum Gasteiger partial charge on any atom is -0.386 e. The fourth-order valence-corrected chi connectivity index (χ4v) is 7.87. The second kappa shape index (κ2) is 11.2. The molecular formula is C20H21B2N9O11P2S. The van der Waals surface area contributed by atoms with E-state index in [4.69, 9.17) is 60.2 Å². The number of aliphatic hydroxyl groups excluding tert-OH is 2. The first kappa shape index (κ1) is 30.8. The van der Waals surface area contributed by atoms with Crippen LogP contribution in [0.2, 0.25) is 0 Å². The fraction of sp³-hybridized carbons (Fsp3) is 0.500. The molecule has 0 spiro atoms. The quantitative estimate of drug-likeness (QED) is 0.112. The molecule has 234 valence electrons. The third-order valence-corrected chi connectivity index (χ3v) is 10.0. The zero-order valence-corrected chi connectivity index (χ0v) is 25.2. The summed E-state index contributed by atoms with van der Waals surface area (Å²) < 4.78 is 50.4. The molecule has 3 fully saturated rings. The summed E-state index contributed by atoms with van der Waals surface area (Å²) in [7, 11) is 7.66. The lowest BCUT2D eigenvalue weighted by atomic mass is 10.1. The average molecular weight is 679 g/mol. The van der Waals surface area contributed by atoms with Crippen molar-refractivity contribution >= 4 is 69.1 Å². The zero-order valence-electron chi connectivity index (χ0n) is 22.6. The number of ether oxygens (including phenoxy) is 2. The third kappa shape index (κ3) is 5.51. The van der Waals surface area contributed by atoms with Gasteiger partial charge in [-0.2, -0.15) is 4.98 Å². The summed E-state index contributed by atoms with van der Waals surface area (Å²) in [5.74, 6) is -0.211. The molecule has 3 aliphatic rings. The number of H-pyrrole nitrogens is 2. The van der Waals surface area contributed by atoms with Crippen LogP contribution in [0.3, 0.4) is 0 Å². The second-order valence-electron chi connectivity index (χ2n) is 10.3. The number of imidazole rings is 2. The number of hydrogen-bond donors (Lipinski definition) is 5. The topological polar surface area (TPSA) is 266 Å². The maximum atomic E-state index is 13.3. The number of rotatable bonds is 2. The normalized spacial score (nSPS) is 37.6. The maximum Gasteiger partial charge on any atom is 0.280 e. The Bertz CT molecular complexity index is 2010. The van der Waals surface area contributed by atoms with Gasteiger partial charge in [0.25, 0.3) is 18.6 Å². The Morgan fingerprint density at radius 1 is 0.911 bits per heavy atom. The van der Waals surface area contributed by atoms with E-state index in [2.05, 4.69) is 29.9 Å². The second-order valence-corrected chi connectivity index (χ2v) is 14.9. The SMILES string of the molecule is [B]P1(=O)OC[C@H]2O[C@@H](n3cnc4c(=O)[nH]cnc43)C(O)[C@H]2OP([B])(=S)OC[C@H]2O[C@@H](n3cnc4c(=O)[nH]c(N)nc43)[C@@H](O)C2O1. The lowest BCUT2D eigenvalue weighted by molar-refractivity contribution is -0.0547. The van der Waals surface area contributed by atoms with Crippen LogP contribution in [0.5, 0.6) is 0 Å². The van der Waals surface area contributed by atoms with Crippen molar-refractivity contribution in [2.24, 2.45) is 0 Å². The molecule has 0 saturated carbocycles. The number of nitrogens with two attached hydrogens (primary N) is 1. The van der Waals surface area contributed by atoms with Gasteiger partial charge in [-0.15, -0.1) is 0 Å². The van der Waals surface area contributed by atoms with Crippen LogP contribution in [0.15, 0.2) is 28.6 Å². The summed E-state index contributed by atoms with van der Waals surface area (Å²) in [6, 6.07) is 0. The van der Waals surface area contributed by atoms with Crippen molar-refractivity contribution in [2.75, 3.05) is 18.9 Å². The highest BCUT2D eigenvalue weighted by Crippen LogP contribution is 2.53. The first-order chi connectivity index (χ1) is 21.3. The van der Waals surface area contributed by atoms with Gasteiger partial charge in [-0.3, -0.25) is 28.3 Å². The van der Waals surface area contributed by atoms with Gasteiger partial charge in [0.1, 0.15) is 43.0 Å². The van der Waals surface area contributed by atoms with Gasteiger partial charge in [0, 0.05) is 0 Å². The molecule has 4 radical (unpaired) electrons. The Labute approximate surface area is 258 Å². The van der Waals surface area contributed by atoms with Crippen LogP contribution in [0.1, 0.15) is 12.5 Å². The monoisotopic (exact) mass is 679 g/mol. The van der Waals surface area contributed by atoms with Crippen molar-refractivity contribution in [3.05, 3.63) is 39.7 Å². The average Bonchev–Trinajstić information content (AvgIpc) is 3.72. The van der Waals surface area contributed by atoms with Crippen molar-refractivity contribution in [2.45, 2.75) is 49.1 Å². The number of aromatic nitrogens is 8. The fourth-order valence-electron chi connectivity index (χ4n) is 5.36. The molecule has 3 aliphatic heterocycles. The van der Waals surface area contributed by atoms with Gasteiger partial charge in [-0.1, -0.05) is 0 Å². The molecular weight excluding hydrogens is 658 g/mol. The van der Waals surface area contributed by atoms with Gasteiger partial charge < -0.3 is 48.5 Å². The highest BCUT2D eigenvalue weighted by atomic mass is 32.4. The number of nitrogens with one attached hydrogen (secondary N) is 2. The molecule has 25 heteroatoms. The van der Waals surface area contributed by atoms with Gasteiger partial charge in [-0.25, -0.2) is 15.0 Å². The van der Waals surface area contributed by atoms with Crippen LogP contribution in [-0.4, -0.2) is 114 Å². The van der Waals surface area contributed by atoms with E-state index in [9.17, 15) is 24.4 Å². The number of aliphatic hydroxyl groups is 2. The van der Waals surface area contributed by atoms with Crippen LogP contribution in [0.25, 0.3) is 22.3 Å². The van der Waals surface area contributed by atoms with E-state index in [0.29, 0.717) is 0 Å². The Balaban J connectivity index is 1.17. The summed E-state index contributed by atoms with van der Waals surface area (Å²) in [6.45, 7) is -1.04. The highest BCUT2D eigenvalue weighted by Gasteiger charge is 2.52. The minimum absolute atomic E-state index is 0.0124. The highest BCUT2D eigenvalue weighted by molar-refractivity contribution is 8.21. The smallest absolute Gasteiger partial charge is 0.280 e. The molecule has 45 heavy (non-hydrogen) atoms. The number of nitrogens with zero attached hydrogens (tertiary/aromatic N) is 6. The number of aromatic amines is 2. The summed E-state index contributed by atoms with van der Waals surface area (Å²) in [5.41, 5.74) is 4.52. The van der Waals surface area contributed by atoms with E-state index in [1.807, 2.05) is 0 Å². The van der Waals surface area contributed by atoms with E-state index >= 15 is 0 Å². The van der Waals surface area contributed by atoms with Crippen molar-refractivity contribution in [1.82, 2.24) is 39.0 Å². The van der Waals surface area contributed by atoms with E-state index in [0.717, 1.165) is 6.33 Å². The van der Waals surface area contributed by atoms with E-state index in [1.54, 1.807) is 0 Å². The Morgan fingerprint density at radius 2 is 1.49 bits per heavy atom. The number of anilines is 1. The molecule has 0 amide bonds. The Hall–Kier alpha value is -2.81. The van der Waals surface area contributed by atoms with Crippen molar-refractivity contribution in [1.29, 1.82) is 0 Å². The lowest BCUT2D eigenvalue weighted by Crippen LogP contribution is -2.39. The summed E-state index contributed by atoms with van der Waals surface area (Å²) in [5, 5.41) is 22.5. The Kier molecular flexibility index (Phi) is 7.65. The standard InChI is InChI=1S/C20H21B2N9O11P2S/c21-43(36)37-1-6-13(11(33)18(39-6)30-4-26-8-14(30)24-3-25-16(8)34)42-44(22,45)38-2-7-12(41-43)10(32)19(40-7)31-5-27-9-15(31)28-20(23)29-17(9)35/h3-7,10-13,18-19,32-33H,1-2H2,(H,24,25,34)(H3,23,28,29,35)/t6-,7-,10+,11?,12?,13+,18-,19-,43?,44?/m1/s1. The van der Waals surface area contributed by atoms with Crippen LogP contribution in [-0.2, 0) is 43.9 Å². The largest absolute Gasteiger partial charge is 0.386 e. The van der Waals surface area contributed by atoms with Crippen molar-refractivity contribution in [3.8, 4) is 0 Å². The molecule has 20 nitrogen and oxygen atoms in total. The molecule has 4 unspecified atom stereocenters. The summed E-state index contributed by atoms with van der Waals surface area (Å²) in [6.07, 6.45) is -10.9. The predicted molar refractivity (Wildman–Crippen MR) is 156 cm³/mol. The van der Waals surface area contributed by atoms with Crippen LogP contribution < -0.4 is 16.9 Å². The first-order valence-corrected chi connectivity index (χ1v) is 17.4. The number of fused-ring (bicyclic) bond motifs is 4. The minimum atomic E-state index is -4.49. The first-order valence-electron chi connectivity index (χ1n) is 13.0. The molecule has 0 bridgehead atoms. The van der Waals surface area contributed by atoms with Gasteiger partial charge in [0.05, 0.1) is 32.2 Å². The van der Waals surface area contributed by atoms with E-state index in [-0.39, 0.29) is 28.3 Å². The van der Waals surface area contributed by atoms with Crippen LogP contribution in [0, 0.1) is 0 Å². The number of nitrogen functional groups attached to an aromatic ring is 1. The third-order valence-electron chi connectivity index (χ3n) is 7.36. The Morgan fingerprint density at radius 3 is 2.16 bits per heavy atom. The zero-order chi connectivity index (χ0) is 31.8. The molecule has 4 aromatic heterocycles. The summed E-state index contributed by atoms with van der Waals surface area (Å²) >= 11 is 5.41. The van der Waals surface area contributed by atoms with Gasteiger partial charge >= 0.3 is 0 Å². The molecule has 6 N–H and O–H groups in total. The van der Waals surface area contributed by atoms with Crippen molar-refractivity contribution in [3.63, 3.8) is 0 Å². The molecule has 0 aromatic carbocycles. The summed E-state index contributed by atoms with van der Waals surface area (Å²) in [4.78, 5) is 45.3. The van der Waals surface area contributed by atoms with Crippen LogP contribution in [0.4, 0.5) is 5.95 Å². The van der Waals surface area contributed by atoms with E-state index in [1.165, 1.54) is 21.8 Å². The van der Waals surface area contributed by atoms with Gasteiger partial charge in [-0.05, 0) is 11.8 Å². The van der Waals surface area contributed by atoms with Crippen molar-refractivity contribution < 1.29 is 42.3 Å². The molecule has 4 aromatic rings. The van der Waals surface area contributed by atoms with E-state index < -0.39 is 87.3 Å². The maximum absolute atomic E-state index is 13.3. The van der Waals surface area contributed by atoms with Gasteiger partial charge in [0.15, 0.2) is 42.3 Å². The molecule has 3 saturated heterocycles. The molecule has 0 aliphatic carbocycles. The molecule has 7 heterocycles. The number of hydrogen-bond acceptors (Lipinski definition) is 17. The lowest BCUT2D eigenvalue weighted by Gasteiger charge is -2.31. The molecule has 10 atom stereocenters. The predicted octanol–water partition coefficient (Wildman–Crippen LogP) is -2.16.